The molecule has 0 aromatic carbocycles. The zero-order valence-corrected chi connectivity index (χ0v) is 10.6. The Balaban J connectivity index is 2.67. The van der Waals surface area contributed by atoms with Crippen LogP contribution >= 0.6 is 11.3 Å². The minimum atomic E-state index is -0.400. The fourth-order valence-electron chi connectivity index (χ4n) is 1.17. The topological polar surface area (TPSA) is 68.5 Å². The Bertz CT molecular complexity index is 352. The van der Waals surface area contributed by atoms with Crippen molar-refractivity contribution >= 4 is 22.4 Å². The first kappa shape index (κ1) is 12.9. The lowest BCUT2D eigenvalue weighted by Gasteiger charge is -2.16. The number of anilines is 1. The van der Waals surface area contributed by atoms with E-state index in [9.17, 15) is 4.79 Å². The first-order valence-corrected chi connectivity index (χ1v) is 6.07. The number of hydrogen-bond acceptors (Lipinski definition) is 6. The van der Waals surface area contributed by atoms with Gasteiger partial charge in [0.15, 0.2) is 10.8 Å². The van der Waals surface area contributed by atoms with Crippen molar-refractivity contribution in [1.29, 1.82) is 0 Å². The van der Waals surface area contributed by atoms with Crippen molar-refractivity contribution in [3.05, 3.63) is 11.1 Å². The number of hydrazine groups is 1. The van der Waals surface area contributed by atoms with Crippen molar-refractivity contribution in [1.82, 2.24) is 4.98 Å². The van der Waals surface area contributed by atoms with Crippen LogP contribution in [0.2, 0.25) is 0 Å². The van der Waals surface area contributed by atoms with Crippen LogP contribution in [-0.4, -0.2) is 24.1 Å². The van der Waals surface area contributed by atoms with Crippen LogP contribution in [0.5, 0.6) is 0 Å². The molecule has 6 heteroatoms. The Labute approximate surface area is 99.2 Å². The van der Waals surface area contributed by atoms with Crippen LogP contribution in [-0.2, 0) is 4.74 Å². The van der Waals surface area contributed by atoms with E-state index in [2.05, 4.69) is 18.8 Å². The maximum Gasteiger partial charge on any atom is 0.357 e. The van der Waals surface area contributed by atoms with Crippen molar-refractivity contribution in [2.75, 3.05) is 18.2 Å². The molecule has 0 aliphatic rings. The van der Waals surface area contributed by atoms with E-state index in [4.69, 9.17) is 10.6 Å². The van der Waals surface area contributed by atoms with Crippen molar-refractivity contribution in [3.8, 4) is 0 Å². The van der Waals surface area contributed by atoms with Gasteiger partial charge in [0.1, 0.15) is 0 Å². The van der Waals surface area contributed by atoms with Gasteiger partial charge in [0, 0.05) is 11.9 Å². The number of aromatic nitrogens is 1. The molecule has 2 N–H and O–H groups in total. The molecule has 0 bridgehead atoms. The molecule has 1 rings (SSSR count). The highest BCUT2D eigenvalue weighted by Gasteiger charge is 2.14. The molecule has 1 aromatic rings. The standard InChI is InChI=1S/C10H17N3O2S/c1-4-15-9(14)8-6-16-10(12-8)13(11)5-7(2)3/h6-7H,4-5,11H2,1-3H3. The number of carbonyl (C=O) groups excluding carboxylic acids is 1. The minimum absolute atomic E-state index is 0.320. The number of rotatable bonds is 5. The molecule has 0 saturated carbocycles. The van der Waals surface area contributed by atoms with E-state index in [-0.39, 0.29) is 0 Å². The van der Waals surface area contributed by atoms with E-state index in [1.165, 1.54) is 11.3 Å². The van der Waals surface area contributed by atoms with Crippen LogP contribution in [0.3, 0.4) is 0 Å². The molecule has 0 unspecified atom stereocenters. The molecule has 0 amide bonds. The molecule has 1 heterocycles. The second-order valence-electron chi connectivity index (χ2n) is 3.78. The lowest BCUT2D eigenvalue weighted by atomic mass is 10.2. The molecular formula is C10H17N3O2S. The van der Waals surface area contributed by atoms with Gasteiger partial charge in [-0.05, 0) is 12.8 Å². The summed E-state index contributed by atoms with van der Waals surface area (Å²) in [4.78, 5) is 15.5. The van der Waals surface area contributed by atoms with Crippen LogP contribution < -0.4 is 10.9 Å². The molecule has 0 aliphatic carbocycles. The highest BCUT2D eigenvalue weighted by molar-refractivity contribution is 7.13. The third-order valence-corrected chi connectivity index (χ3v) is 2.66. The molecule has 5 nitrogen and oxygen atoms in total. The zero-order chi connectivity index (χ0) is 12.1. The SMILES string of the molecule is CCOC(=O)c1csc(N(N)CC(C)C)n1. The molecule has 16 heavy (non-hydrogen) atoms. The summed E-state index contributed by atoms with van der Waals surface area (Å²) in [7, 11) is 0. The van der Waals surface area contributed by atoms with Gasteiger partial charge in [0.2, 0.25) is 0 Å². The average Bonchev–Trinajstić information content (AvgIpc) is 2.65. The van der Waals surface area contributed by atoms with Crippen molar-refractivity contribution in [2.45, 2.75) is 20.8 Å². The molecule has 1 aromatic heterocycles. The van der Waals surface area contributed by atoms with E-state index >= 15 is 0 Å². The molecule has 0 saturated heterocycles. The van der Waals surface area contributed by atoms with E-state index in [0.717, 1.165) is 0 Å². The molecule has 0 fully saturated rings. The summed E-state index contributed by atoms with van der Waals surface area (Å²) in [6.07, 6.45) is 0. The van der Waals surface area contributed by atoms with E-state index in [1.54, 1.807) is 17.3 Å². The molecule has 0 radical (unpaired) electrons. The van der Waals surface area contributed by atoms with Crippen molar-refractivity contribution in [2.24, 2.45) is 11.8 Å². The summed E-state index contributed by atoms with van der Waals surface area (Å²) < 4.78 is 4.85. The van der Waals surface area contributed by atoms with E-state index < -0.39 is 5.97 Å². The quantitative estimate of drug-likeness (QED) is 0.484. The van der Waals surface area contributed by atoms with Gasteiger partial charge in [-0.25, -0.2) is 15.6 Å². The molecule has 90 valence electrons. The first-order chi connectivity index (χ1) is 7.54. The Morgan fingerprint density at radius 2 is 2.38 bits per heavy atom. The highest BCUT2D eigenvalue weighted by Crippen LogP contribution is 2.19. The van der Waals surface area contributed by atoms with Gasteiger partial charge in [-0.15, -0.1) is 11.3 Å². The number of hydrogen-bond donors (Lipinski definition) is 1. The Hall–Kier alpha value is -1.14. The van der Waals surface area contributed by atoms with Gasteiger partial charge < -0.3 is 4.74 Å². The van der Waals surface area contributed by atoms with E-state index in [1.807, 2.05) is 0 Å². The van der Waals surface area contributed by atoms with Gasteiger partial charge in [0.25, 0.3) is 0 Å². The number of ether oxygens (including phenoxy) is 1. The normalized spacial score (nSPS) is 10.6. The first-order valence-electron chi connectivity index (χ1n) is 5.19. The summed E-state index contributed by atoms with van der Waals surface area (Å²) >= 11 is 1.34. The monoisotopic (exact) mass is 243 g/mol. The van der Waals surface area contributed by atoms with Crippen molar-refractivity contribution in [3.63, 3.8) is 0 Å². The van der Waals surface area contributed by atoms with Crippen LogP contribution in [0, 0.1) is 5.92 Å². The average molecular weight is 243 g/mol. The second-order valence-corrected chi connectivity index (χ2v) is 4.62. The predicted octanol–water partition coefficient (Wildman–Crippen LogP) is 1.66. The number of thiazole rings is 1. The molecular weight excluding hydrogens is 226 g/mol. The number of nitrogens with zero attached hydrogens (tertiary/aromatic N) is 2. The van der Waals surface area contributed by atoms with Gasteiger partial charge in [-0.2, -0.15) is 0 Å². The minimum Gasteiger partial charge on any atom is -0.461 e. The summed E-state index contributed by atoms with van der Waals surface area (Å²) in [5, 5.41) is 3.85. The predicted molar refractivity (Wildman–Crippen MR) is 64.4 cm³/mol. The summed E-state index contributed by atoms with van der Waals surface area (Å²) in [5.41, 5.74) is 0.320. The molecule has 0 atom stereocenters. The van der Waals surface area contributed by atoms with E-state index in [0.29, 0.717) is 29.9 Å². The van der Waals surface area contributed by atoms with Crippen LogP contribution in [0.25, 0.3) is 0 Å². The fourth-order valence-corrected chi connectivity index (χ4v) is 1.89. The van der Waals surface area contributed by atoms with Gasteiger partial charge in [-0.3, -0.25) is 5.01 Å². The number of nitrogens with two attached hydrogens (primary N) is 1. The Morgan fingerprint density at radius 3 is 2.94 bits per heavy atom. The third kappa shape index (κ3) is 3.46. The Kier molecular flexibility index (Phi) is 4.70. The fraction of sp³-hybridized carbons (Fsp3) is 0.600. The van der Waals surface area contributed by atoms with Crippen LogP contribution in [0.4, 0.5) is 5.13 Å². The summed E-state index contributed by atoms with van der Waals surface area (Å²) in [6.45, 7) is 6.96. The Morgan fingerprint density at radius 1 is 1.69 bits per heavy atom. The van der Waals surface area contributed by atoms with Gasteiger partial charge in [-0.1, -0.05) is 13.8 Å². The zero-order valence-electron chi connectivity index (χ0n) is 9.77. The number of carbonyl (C=O) groups is 1. The smallest absolute Gasteiger partial charge is 0.357 e. The van der Waals surface area contributed by atoms with Gasteiger partial charge in [0.05, 0.1) is 6.61 Å². The maximum absolute atomic E-state index is 11.4. The number of esters is 1. The summed E-state index contributed by atoms with van der Waals surface area (Å²) in [5.74, 6) is 5.86. The van der Waals surface area contributed by atoms with Crippen LogP contribution in [0.15, 0.2) is 5.38 Å². The lowest BCUT2D eigenvalue weighted by Crippen LogP contribution is -2.34. The van der Waals surface area contributed by atoms with Crippen LogP contribution in [0.1, 0.15) is 31.3 Å². The molecule has 0 aliphatic heterocycles. The molecule has 0 spiro atoms. The second kappa shape index (κ2) is 5.81. The largest absolute Gasteiger partial charge is 0.461 e. The third-order valence-electron chi connectivity index (χ3n) is 1.78. The highest BCUT2D eigenvalue weighted by atomic mass is 32.1. The van der Waals surface area contributed by atoms with Gasteiger partial charge >= 0.3 is 5.97 Å². The maximum atomic E-state index is 11.4. The lowest BCUT2D eigenvalue weighted by molar-refractivity contribution is 0.0520. The van der Waals surface area contributed by atoms with Crippen molar-refractivity contribution < 1.29 is 9.53 Å². The summed E-state index contributed by atoms with van der Waals surface area (Å²) in [6, 6.07) is 0.